The number of hydrogen-bond donors (Lipinski definition) is 1. The van der Waals surface area contributed by atoms with Crippen LogP contribution in [-0.4, -0.2) is 36.9 Å². The lowest BCUT2D eigenvalue weighted by molar-refractivity contribution is -0.130. The van der Waals surface area contributed by atoms with Gasteiger partial charge < -0.3 is 5.11 Å². The van der Waals surface area contributed by atoms with Crippen molar-refractivity contribution in [2.45, 2.75) is 121 Å². The van der Waals surface area contributed by atoms with E-state index in [1.54, 1.807) is 0 Å². The van der Waals surface area contributed by atoms with Crippen LogP contribution >= 0.6 is 0 Å². The molecular weight excluding hydrogens is 468 g/mol. The fraction of sp³-hybridized carbons (Fsp3) is 0.655. The van der Waals surface area contributed by atoms with Gasteiger partial charge in [-0.15, -0.1) is 0 Å². The summed E-state index contributed by atoms with van der Waals surface area (Å²) in [5.41, 5.74) is 0.0740. The fourth-order valence-electron chi connectivity index (χ4n) is 6.85. The van der Waals surface area contributed by atoms with Gasteiger partial charge in [0, 0.05) is 18.5 Å². The van der Waals surface area contributed by atoms with Gasteiger partial charge in [0.1, 0.15) is 5.56 Å². The highest BCUT2D eigenvalue weighted by molar-refractivity contribution is 6.03. The Morgan fingerprint density at radius 1 is 1.03 bits per heavy atom. The zero-order chi connectivity index (χ0) is 26.2. The summed E-state index contributed by atoms with van der Waals surface area (Å²) < 4.78 is 2.91. The zero-order valence-corrected chi connectivity index (χ0v) is 22.2. The average molecular weight is 509 g/mol. The summed E-state index contributed by atoms with van der Waals surface area (Å²) in [5.74, 6) is -0.489. The summed E-state index contributed by atoms with van der Waals surface area (Å²) in [6, 6.07) is -0.334. The molecule has 1 aromatic rings. The summed E-state index contributed by atoms with van der Waals surface area (Å²) in [7, 11) is 0. The SMILES string of the molecule is CC(=O)N1N=C(c2c(O)n(C3CCCCC3)c(=O)n(C3(C)CCCCC3)c2=O)CCC1C1=CCCC=C1. The Bertz CT molecular complexity index is 1260. The van der Waals surface area contributed by atoms with Crippen molar-refractivity contribution in [2.75, 3.05) is 0 Å². The second-order valence-electron chi connectivity index (χ2n) is 11.5. The van der Waals surface area contributed by atoms with Gasteiger partial charge in [0.2, 0.25) is 11.8 Å². The normalized spacial score (nSPS) is 24.5. The molecule has 5 rings (SSSR count). The number of carbonyl (C=O) groups excluding carboxylic acids is 1. The number of hydrazone groups is 1. The summed E-state index contributed by atoms with van der Waals surface area (Å²) in [5, 5.41) is 17.7. The van der Waals surface area contributed by atoms with E-state index in [0.29, 0.717) is 18.6 Å². The van der Waals surface area contributed by atoms with Crippen LogP contribution < -0.4 is 11.2 Å². The quantitative estimate of drug-likeness (QED) is 0.626. The van der Waals surface area contributed by atoms with Crippen molar-refractivity contribution < 1.29 is 9.90 Å². The molecule has 1 aromatic heterocycles. The molecule has 1 aliphatic heterocycles. The van der Waals surface area contributed by atoms with Crippen LogP contribution in [0.1, 0.15) is 115 Å². The smallest absolute Gasteiger partial charge is 0.334 e. The Balaban J connectivity index is 1.67. The summed E-state index contributed by atoms with van der Waals surface area (Å²) in [6.07, 6.45) is 18.5. The van der Waals surface area contributed by atoms with E-state index in [2.05, 4.69) is 18.2 Å². The third-order valence-corrected chi connectivity index (χ3v) is 8.87. The minimum atomic E-state index is -0.596. The molecule has 0 saturated heterocycles. The maximum Gasteiger partial charge on any atom is 0.334 e. The highest BCUT2D eigenvalue weighted by atomic mass is 16.3. The number of hydrogen-bond acceptors (Lipinski definition) is 5. The van der Waals surface area contributed by atoms with E-state index in [0.717, 1.165) is 82.6 Å². The van der Waals surface area contributed by atoms with Crippen LogP contribution in [0.4, 0.5) is 0 Å². The Morgan fingerprint density at radius 2 is 1.73 bits per heavy atom. The molecular formula is C29H40N4O4. The molecule has 2 fully saturated rings. The third kappa shape index (κ3) is 4.75. The topological polar surface area (TPSA) is 96.9 Å². The zero-order valence-electron chi connectivity index (χ0n) is 22.2. The summed E-state index contributed by atoms with van der Waals surface area (Å²) >= 11 is 0. The van der Waals surface area contributed by atoms with Gasteiger partial charge in [-0.05, 0) is 63.9 Å². The first-order chi connectivity index (χ1) is 17.8. The first-order valence-electron chi connectivity index (χ1n) is 14.2. The van der Waals surface area contributed by atoms with Crippen molar-refractivity contribution >= 4 is 11.6 Å². The summed E-state index contributed by atoms with van der Waals surface area (Å²) in [4.78, 5) is 40.7. The van der Waals surface area contributed by atoms with Crippen LogP contribution in [0.3, 0.4) is 0 Å². The van der Waals surface area contributed by atoms with E-state index in [4.69, 9.17) is 5.10 Å². The lowest BCUT2D eigenvalue weighted by Crippen LogP contribution is -2.53. The predicted molar refractivity (Wildman–Crippen MR) is 144 cm³/mol. The molecule has 4 aliphatic rings. The molecule has 3 aliphatic carbocycles. The highest BCUT2D eigenvalue weighted by Crippen LogP contribution is 2.36. The molecule has 0 aromatic carbocycles. The minimum absolute atomic E-state index is 0.0924. The largest absolute Gasteiger partial charge is 0.494 e. The number of aromatic nitrogens is 2. The molecule has 2 heterocycles. The van der Waals surface area contributed by atoms with E-state index >= 15 is 0 Å². The van der Waals surface area contributed by atoms with Crippen molar-refractivity contribution in [3.8, 4) is 5.88 Å². The number of rotatable bonds is 4. The Hall–Kier alpha value is -2.90. The van der Waals surface area contributed by atoms with E-state index in [1.165, 1.54) is 21.1 Å². The van der Waals surface area contributed by atoms with Crippen molar-refractivity contribution in [2.24, 2.45) is 5.10 Å². The van der Waals surface area contributed by atoms with Gasteiger partial charge in [0.25, 0.3) is 5.56 Å². The van der Waals surface area contributed by atoms with Gasteiger partial charge >= 0.3 is 5.69 Å². The van der Waals surface area contributed by atoms with Gasteiger partial charge in [-0.3, -0.25) is 18.7 Å². The standard InChI is InChI=1S/C29H40N4O4/c1-20(34)33-24(21-12-6-3-7-13-21)17-16-23(30-33)25-26(35)31(22-14-8-4-9-15-22)28(37)32(27(25)36)29(2)18-10-5-11-19-29/h6,12-13,22,24,35H,3-5,7-11,14-19H2,1-2H3. The van der Waals surface area contributed by atoms with Gasteiger partial charge in [-0.25, -0.2) is 9.80 Å². The van der Waals surface area contributed by atoms with Crippen LogP contribution in [0.25, 0.3) is 0 Å². The average Bonchev–Trinajstić information content (AvgIpc) is 2.90. The van der Waals surface area contributed by atoms with Crippen molar-refractivity contribution in [1.82, 2.24) is 14.1 Å². The second-order valence-corrected chi connectivity index (χ2v) is 11.5. The molecule has 200 valence electrons. The molecule has 37 heavy (non-hydrogen) atoms. The molecule has 1 unspecified atom stereocenters. The maximum absolute atomic E-state index is 14.1. The Morgan fingerprint density at radius 3 is 2.38 bits per heavy atom. The first-order valence-corrected chi connectivity index (χ1v) is 14.2. The van der Waals surface area contributed by atoms with Gasteiger partial charge in [0.15, 0.2) is 0 Å². The first kappa shape index (κ1) is 25.7. The minimum Gasteiger partial charge on any atom is -0.494 e. The van der Waals surface area contributed by atoms with Gasteiger partial charge in [-0.1, -0.05) is 56.8 Å². The summed E-state index contributed by atoms with van der Waals surface area (Å²) in [6.45, 7) is 3.49. The third-order valence-electron chi connectivity index (χ3n) is 8.87. The van der Waals surface area contributed by atoms with Gasteiger partial charge in [-0.2, -0.15) is 5.10 Å². The number of amides is 1. The molecule has 2 saturated carbocycles. The van der Waals surface area contributed by atoms with Gasteiger partial charge in [0.05, 0.1) is 11.8 Å². The van der Waals surface area contributed by atoms with E-state index in [1.807, 2.05) is 6.92 Å². The van der Waals surface area contributed by atoms with Crippen LogP contribution in [0.2, 0.25) is 0 Å². The van der Waals surface area contributed by atoms with Crippen LogP contribution in [-0.2, 0) is 10.3 Å². The van der Waals surface area contributed by atoms with Crippen molar-refractivity contribution in [1.29, 1.82) is 0 Å². The van der Waals surface area contributed by atoms with Crippen LogP contribution in [0.5, 0.6) is 5.88 Å². The molecule has 1 atom stereocenters. The van der Waals surface area contributed by atoms with Crippen molar-refractivity contribution in [3.05, 3.63) is 50.2 Å². The van der Waals surface area contributed by atoms with E-state index < -0.39 is 16.8 Å². The van der Waals surface area contributed by atoms with Crippen LogP contribution in [0.15, 0.2) is 38.5 Å². The monoisotopic (exact) mass is 508 g/mol. The molecule has 1 N–H and O–H groups in total. The lowest BCUT2D eigenvalue weighted by Gasteiger charge is -2.37. The molecule has 8 heteroatoms. The maximum atomic E-state index is 14.1. The molecule has 0 radical (unpaired) electrons. The van der Waals surface area contributed by atoms with E-state index in [-0.39, 0.29) is 29.4 Å². The number of allylic oxidation sites excluding steroid dienone is 2. The predicted octanol–water partition coefficient (Wildman–Crippen LogP) is 4.89. The molecule has 0 spiro atoms. The molecule has 8 nitrogen and oxygen atoms in total. The lowest BCUT2D eigenvalue weighted by atomic mass is 9.83. The van der Waals surface area contributed by atoms with E-state index in [9.17, 15) is 19.5 Å². The number of carbonyl (C=O) groups is 1. The highest BCUT2D eigenvalue weighted by Gasteiger charge is 2.38. The van der Waals surface area contributed by atoms with Crippen molar-refractivity contribution in [3.63, 3.8) is 0 Å². The molecule has 1 amide bonds. The fourth-order valence-corrected chi connectivity index (χ4v) is 6.85. The number of nitrogens with zero attached hydrogens (tertiary/aromatic N) is 4. The Labute approximate surface area is 218 Å². The Kier molecular flexibility index (Phi) is 7.28. The second kappa shape index (κ2) is 10.5. The van der Waals surface area contributed by atoms with Crippen LogP contribution in [0, 0.1) is 0 Å². The number of aromatic hydroxyl groups is 1. The molecule has 0 bridgehead atoms.